The minimum Gasteiger partial charge on any atom is -0.323 e. The summed E-state index contributed by atoms with van der Waals surface area (Å²) in [5.41, 5.74) is 9.14. The van der Waals surface area contributed by atoms with Crippen LogP contribution in [0.25, 0.3) is 0 Å². The Morgan fingerprint density at radius 3 is 2.16 bits per heavy atom. The van der Waals surface area contributed by atoms with Crippen molar-refractivity contribution in [3.63, 3.8) is 0 Å². The van der Waals surface area contributed by atoms with Crippen molar-refractivity contribution in [1.82, 2.24) is 0 Å². The van der Waals surface area contributed by atoms with Crippen LogP contribution in [-0.4, -0.2) is 21.5 Å². The first-order valence-electron chi connectivity index (χ1n) is 7.11. The van der Waals surface area contributed by atoms with Crippen molar-refractivity contribution in [1.29, 1.82) is 0 Å². The van der Waals surface area contributed by atoms with Crippen LogP contribution < -0.4 is 5.73 Å². The zero-order chi connectivity index (χ0) is 14.0. The van der Waals surface area contributed by atoms with Crippen molar-refractivity contribution in [3.05, 3.63) is 35.4 Å². The third kappa shape index (κ3) is 3.71. The van der Waals surface area contributed by atoms with Gasteiger partial charge in [-0.15, -0.1) is 0 Å². The lowest BCUT2D eigenvalue weighted by atomic mass is 9.98. The van der Waals surface area contributed by atoms with E-state index in [1.165, 1.54) is 16.9 Å². The molecule has 1 aromatic carbocycles. The van der Waals surface area contributed by atoms with E-state index in [1.807, 2.05) is 0 Å². The lowest BCUT2D eigenvalue weighted by Crippen LogP contribution is -2.34. The number of hydrogen-bond acceptors (Lipinski definition) is 3. The van der Waals surface area contributed by atoms with E-state index in [9.17, 15) is 0 Å². The van der Waals surface area contributed by atoms with Crippen LogP contribution in [0.4, 0.5) is 0 Å². The van der Waals surface area contributed by atoms with Crippen LogP contribution in [0, 0.1) is 0 Å². The molecule has 3 heteroatoms. The summed E-state index contributed by atoms with van der Waals surface area (Å²) in [5.74, 6) is 1.76. The first kappa shape index (κ1) is 15.3. The van der Waals surface area contributed by atoms with Gasteiger partial charge in [-0.2, -0.15) is 23.5 Å². The smallest absolute Gasteiger partial charge is 0.0423 e. The second kappa shape index (κ2) is 6.55. The Bertz CT molecular complexity index is 402. The van der Waals surface area contributed by atoms with E-state index in [0.717, 1.165) is 5.25 Å². The average molecular weight is 296 g/mol. The predicted molar refractivity (Wildman–Crippen MR) is 90.2 cm³/mol. The quantitative estimate of drug-likeness (QED) is 0.893. The van der Waals surface area contributed by atoms with Gasteiger partial charge in [-0.05, 0) is 17.0 Å². The molecule has 0 spiro atoms. The Labute approximate surface area is 126 Å². The zero-order valence-electron chi connectivity index (χ0n) is 12.3. The summed E-state index contributed by atoms with van der Waals surface area (Å²) < 4.78 is 0. The third-order valence-corrected chi connectivity index (χ3v) is 7.48. The van der Waals surface area contributed by atoms with Gasteiger partial charge >= 0.3 is 0 Å². The Balaban J connectivity index is 2.05. The summed E-state index contributed by atoms with van der Waals surface area (Å²) in [5, 5.41) is 1.99. The molecule has 19 heavy (non-hydrogen) atoms. The van der Waals surface area contributed by atoms with Crippen molar-refractivity contribution >= 4 is 23.5 Å². The van der Waals surface area contributed by atoms with Crippen LogP contribution in [0.15, 0.2) is 24.3 Å². The highest BCUT2D eigenvalue weighted by Gasteiger charge is 2.30. The SMILES string of the molecule is CC(C)c1ccc(C(N)C2CSC(C)C(C)S2)cc1. The molecule has 2 rings (SSSR count). The first-order valence-corrected chi connectivity index (χ1v) is 9.10. The fourth-order valence-electron chi connectivity index (χ4n) is 2.31. The molecule has 4 unspecified atom stereocenters. The minimum absolute atomic E-state index is 0.161. The molecule has 4 atom stereocenters. The van der Waals surface area contributed by atoms with Gasteiger partial charge in [-0.25, -0.2) is 0 Å². The normalized spacial score (nSPS) is 29.5. The van der Waals surface area contributed by atoms with E-state index < -0.39 is 0 Å². The maximum atomic E-state index is 6.47. The van der Waals surface area contributed by atoms with Crippen LogP contribution in [0.3, 0.4) is 0 Å². The minimum atomic E-state index is 0.161. The van der Waals surface area contributed by atoms with Crippen molar-refractivity contribution in [2.75, 3.05) is 5.75 Å². The molecule has 1 heterocycles. The molecule has 1 saturated heterocycles. The predicted octanol–water partition coefficient (Wildman–Crippen LogP) is 4.44. The van der Waals surface area contributed by atoms with Gasteiger partial charge in [0.2, 0.25) is 0 Å². The lowest BCUT2D eigenvalue weighted by molar-refractivity contribution is 0.706. The highest BCUT2D eigenvalue weighted by molar-refractivity contribution is 8.07. The largest absolute Gasteiger partial charge is 0.323 e. The molecule has 0 saturated carbocycles. The second-order valence-corrected chi connectivity index (χ2v) is 8.80. The monoisotopic (exact) mass is 295 g/mol. The highest BCUT2D eigenvalue weighted by atomic mass is 32.2. The molecule has 106 valence electrons. The molecule has 1 aliphatic heterocycles. The summed E-state index contributed by atoms with van der Waals surface area (Å²) in [7, 11) is 0. The fourth-order valence-corrected chi connectivity index (χ4v) is 5.36. The van der Waals surface area contributed by atoms with Crippen LogP contribution in [0.5, 0.6) is 0 Å². The Morgan fingerprint density at radius 2 is 1.63 bits per heavy atom. The van der Waals surface area contributed by atoms with Gasteiger partial charge in [0, 0.05) is 27.5 Å². The van der Waals surface area contributed by atoms with E-state index in [0.29, 0.717) is 16.4 Å². The van der Waals surface area contributed by atoms with E-state index >= 15 is 0 Å². The number of thioether (sulfide) groups is 2. The molecule has 2 N–H and O–H groups in total. The van der Waals surface area contributed by atoms with Crippen LogP contribution in [0.2, 0.25) is 0 Å². The van der Waals surface area contributed by atoms with Crippen LogP contribution in [-0.2, 0) is 0 Å². The molecule has 0 aromatic heterocycles. The van der Waals surface area contributed by atoms with Crippen molar-refractivity contribution in [2.45, 2.75) is 55.4 Å². The van der Waals surface area contributed by atoms with Crippen molar-refractivity contribution in [3.8, 4) is 0 Å². The Kier molecular flexibility index (Phi) is 5.27. The summed E-state index contributed by atoms with van der Waals surface area (Å²) in [6.07, 6.45) is 0. The van der Waals surface area contributed by atoms with Gasteiger partial charge in [0.25, 0.3) is 0 Å². The molecular weight excluding hydrogens is 270 g/mol. The second-order valence-electron chi connectivity index (χ2n) is 5.77. The molecule has 1 aromatic rings. The summed E-state index contributed by atoms with van der Waals surface area (Å²) in [6.45, 7) is 9.10. The molecule has 0 aliphatic carbocycles. The van der Waals surface area contributed by atoms with Crippen LogP contribution in [0.1, 0.15) is 50.8 Å². The highest BCUT2D eigenvalue weighted by Crippen LogP contribution is 2.40. The van der Waals surface area contributed by atoms with Gasteiger partial charge in [0.1, 0.15) is 0 Å². The zero-order valence-corrected chi connectivity index (χ0v) is 13.9. The van der Waals surface area contributed by atoms with Crippen LogP contribution >= 0.6 is 23.5 Å². The van der Waals surface area contributed by atoms with Crippen molar-refractivity contribution < 1.29 is 0 Å². The average Bonchev–Trinajstić information content (AvgIpc) is 2.41. The van der Waals surface area contributed by atoms with Gasteiger partial charge in [-0.3, -0.25) is 0 Å². The maximum absolute atomic E-state index is 6.47. The Hall–Kier alpha value is -0.120. The van der Waals surface area contributed by atoms with Gasteiger partial charge in [0.15, 0.2) is 0 Å². The summed E-state index contributed by atoms with van der Waals surface area (Å²) in [6, 6.07) is 9.05. The van der Waals surface area contributed by atoms with Gasteiger partial charge < -0.3 is 5.73 Å². The van der Waals surface area contributed by atoms with Crippen molar-refractivity contribution in [2.24, 2.45) is 5.73 Å². The molecule has 0 radical (unpaired) electrons. The molecule has 0 bridgehead atoms. The summed E-state index contributed by atoms with van der Waals surface area (Å²) >= 11 is 4.13. The molecule has 1 aliphatic rings. The van der Waals surface area contributed by atoms with E-state index in [1.54, 1.807) is 0 Å². The molecule has 1 fully saturated rings. The first-order chi connectivity index (χ1) is 8.99. The number of nitrogens with two attached hydrogens (primary N) is 1. The molecular formula is C16H25NS2. The van der Waals surface area contributed by atoms with E-state index in [2.05, 4.69) is 75.5 Å². The maximum Gasteiger partial charge on any atom is 0.0423 e. The number of rotatable bonds is 3. The molecule has 1 nitrogen and oxygen atoms in total. The Morgan fingerprint density at radius 1 is 1.05 bits per heavy atom. The number of benzene rings is 1. The third-order valence-electron chi connectivity index (χ3n) is 3.96. The summed E-state index contributed by atoms with van der Waals surface area (Å²) in [4.78, 5) is 0. The fraction of sp³-hybridized carbons (Fsp3) is 0.625. The lowest BCUT2D eigenvalue weighted by Gasteiger charge is -2.34. The number of hydrogen-bond donors (Lipinski definition) is 1. The van der Waals surface area contributed by atoms with E-state index in [4.69, 9.17) is 5.73 Å². The standard InChI is InChI=1S/C16H25NS2/c1-10(2)13-5-7-14(8-6-13)16(17)15-9-18-11(3)12(4)19-15/h5-8,10-12,15-16H,9,17H2,1-4H3. The topological polar surface area (TPSA) is 26.0 Å². The van der Waals surface area contributed by atoms with Gasteiger partial charge in [-0.1, -0.05) is 52.0 Å². The van der Waals surface area contributed by atoms with E-state index in [-0.39, 0.29) is 6.04 Å². The van der Waals surface area contributed by atoms with Gasteiger partial charge in [0.05, 0.1) is 0 Å². The molecule has 0 amide bonds.